The Morgan fingerprint density at radius 3 is 2.92 bits per heavy atom. The third-order valence-electron chi connectivity index (χ3n) is 5.35. The number of nitrogens with zero attached hydrogens (tertiary/aromatic N) is 1. The number of hydrogen-bond acceptors (Lipinski definition) is 2. The molecule has 0 amide bonds. The molecule has 1 aromatic carbocycles. The van der Waals surface area contributed by atoms with E-state index in [1.54, 1.807) is 6.07 Å². The second-order valence-electron chi connectivity index (χ2n) is 7.29. The van der Waals surface area contributed by atoms with Crippen LogP contribution in [-0.2, 0) is 11.2 Å². The molecule has 0 spiro atoms. The van der Waals surface area contributed by atoms with Crippen molar-refractivity contribution in [3.63, 3.8) is 0 Å². The fraction of sp³-hybridized carbons (Fsp3) is 0.632. The van der Waals surface area contributed by atoms with Crippen LogP contribution >= 0.6 is 0 Å². The minimum Gasteiger partial charge on any atom is -0.377 e. The van der Waals surface area contributed by atoms with Crippen LogP contribution in [-0.4, -0.2) is 37.8 Å². The molecule has 0 bridgehead atoms. The van der Waals surface area contributed by atoms with Gasteiger partial charge in [0, 0.05) is 37.1 Å². The summed E-state index contributed by atoms with van der Waals surface area (Å²) < 4.78 is 19.5. The van der Waals surface area contributed by atoms with Gasteiger partial charge in [-0.1, -0.05) is 32.0 Å². The summed E-state index contributed by atoms with van der Waals surface area (Å²) in [6.07, 6.45) is 2.07. The number of hydrogen-bond donors (Lipinski definition) is 2. The molecule has 1 heterocycles. The van der Waals surface area contributed by atoms with Gasteiger partial charge in [0.05, 0.1) is 6.10 Å². The van der Waals surface area contributed by atoms with Gasteiger partial charge >= 0.3 is 0 Å². The van der Waals surface area contributed by atoms with Crippen molar-refractivity contribution in [2.75, 3.05) is 19.7 Å². The van der Waals surface area contributed by atoms with E-state index >= 15 is 0 Å². The molecule has 0 radical (unpaired) electrons. The molecule has 1 aliphatic carbocycles. The summed E-state index contributed by atoms with van der Waals surface area (Å²) in [7, 11) is 0. The van der Waals surface area contributed by atoms with Gasteiger partial charge in [-0.25, -0.2) is 4.39 Å². The fourth-order valence-electron chi connectivity index (χ4n) is 4.07. The highest BCUT2D eigenvalue weighted by Gasteiger charge is 2.59. The standard InChI is InChI=1S/C19H28FN3O/c1-4-21-18(22-11-9-13-7-5-6-8-15(13)20)23-16-14-10-12-24-17(14)19(16,2)3/h5-8,14,16-17H,4,9-12H2,1-3H3,(H2,21,22,23). The maximum atomic E-state index is 13.7. The Hall–Kier alpha value is -1.62. The van der Waals surface area contributed by atoms with Crippen LogP contribution in [0.1, 0.15) is 32.8 Å². The Kier molecular flexibility index (Phi) is 5.09. The molecule has 2 aliphatic rings. The molecule has 1 aromatic rings. The normalized spacial score (nSPS) is 28.2. The Morgan fingerprint density at radius 2 is 2.17 bits per heavy atom. The van der Waals surface area contributed by atoms with E-state index in [9.17, 15) is 4.39 Å². The summed E-state index contributed by atoms with van der Waals surface area (Å²) in [4.78, 5) is 4.64. The number of nitrogens with one attached hydrogen (secondary N) is 2. The Morgan fingerprint density at radius 1 is 1.38 bits per heavy atom. The summed E-state index contributed by atoms with van der Waals surface area (Å²) in [6, 6.07) is 7.27. The predicted molar refractivity (Wildman–Crippen MR) is 94.6 cm³/mol. The third-order valence-corrected chi connectivity index (χ3v) is 5.35. The topological polar surface area (TPSA) is 45.7 Å². The van der Waals surface area contributed by atoms with Gasteiger partial charge < -0.3 is 15.4 Å². The smallest absolute Gasteiger partial charge is 0.191 e. The van der Waals surface area contributed by atoms with E-state index in [1.165, 1.54) is 6.07 Å². The van der Waals surface area contributed by atoms with Gasteiger partial charge in [0.1, 0.15) is 5.82 Å². The van der Waals surface area contributed by atoms with Crippen molar-refractivity contribution in [3.8, 4) is 0 Å². The molecule has 3 rings (SSSR count). The van der Waals surface area contributed by atoms with Crippen LogP contribution in [0.15, 0.2) is 29.3 Å². The van der Waals surface area contributed by atoms with Gasteiger partial charge in [-0.2, -0.15) is 0 Å². The van der Waals surface area contributed by atoms with Crippen LogP contribution in [0.25, 0.3) is 0 Å². The molecule has 4 nitrogen and oxygen atoms in total. The molecule has 0 aromatic heterocycles. The maximum absolute atomic E-state index is 13.7. The van der Waals surface area contributed by atoms with Gasteiger partial charge in [-0.3, -0.25) is 4.99 Å². The van der Waals surface area contributed by atoms with E-state index in [2.05, 4.69) is 36.4 Å². The lowest BCUT2D eigenvalue weighted by Gasteiger charge is -2.54. The maximum Gasteiger partial charge on any atom is 0.191 e. The predicted octanol–water partition coefficient (Wildman–Crippen LogP) is 2.74. The molecular weight excluding hydrogens is 305 g/mol. The number of fused-ring (bicyclic) bond motifs is 1. The van der Waals surface area contributed by atoms with Gasteiger partial charge in [0.2, 0.25) is 0 Å². The second-order valence-corrected chi connectivity index (χ2v) is 7.29. The number of rotatable bonds is 5. The molecule has 3 unspecified atom stereocenters. The lowest BCUT2D eigenvalue weighted by Crippen LogP contribution is -2.68. The summed E-state index contributed by atoms with van der Waals surface area (Å²) in [5, 5.41) is 6.89. The molecule has 2 fully saturated rings. The van der Waals surface area contributed by atoms with Crippen LogP contribution in [0, 0.1) is 17.2 Å². The van der Waals surface area contributed by atoms with E-state index in [4.69, 9.17) is 4.74 Å². The minimum absolute atomic E-state index is 0.114. The van der Waals surface area contributed by atoms with Crippen LogP contribution in [0.4, 0.5) is 4.39 Å². The summed E-state index contributed by atoms with van der Waals surface area (Å²) in [6.45, 7) is 8.79. The van der Waals surface area contributed by atoms with Crippen molar-refractivity contribution >= 4 is 5.96 Å². The van der Waals surface area contributed by atoms with Crippen molar-refractivity contribution < 1.29 is 9.13 Å². The average Bonchev–Trinajstić information content (AvgIpc) is 3.01. The van der Waals surface area contributed by atoms with Gasteiger partial charge in [0.15, 0.2) is 5.96 Å². The highest BCUT2D eigenvalue weighted by molar-refractivity contribution is 5.80. The second kappa shape index (κ2) is 7.09. The molecular formula is C19H28FN3O. The highest BCUT2D eigenvalue weighted by Crippen LogP contribution is 2.52. The van der Waals surface area contributed by atoms with Crippen LogP contribution in [0.3, 0.4) is 0 Å². The van der Waals surface area contributed by atoms with Crippen molar-refractivity contribution in [2.45, 2.75) is 45.8 Å². The zero-order valence-corrected chi connectivity index (χ0v) is 14.8. The van der Waals surface area contributed by atoms with Crippen molar-refractivity contribution in [1.29, 1.82) is 0 Å². The van der Waals surface area contributed by atoms with Crippen molar-refractivity contribution in [1.82, 2.24) is 10.6 Å². The van der Waals surface area contributed by atoms with Crippen LogP contribution < -0.4 is 10.6 Å². The Balaban J connectivity index is 1.61. The minimum atomic E-state index is -0.156. The molecule has 24 heavy (non-hydrogen) atoms. The number of benzene rings is 1. The number of ether oxygens (including phenoxy) is 1. The first-order valence-electron chi connectivity index (χ1n) is 8.94. The van der Waals surface area contributed by atoms with Crippen LogP contribution in [0.5, 0.6) is 0 Å². The summed E-state index contributed by atoms with van der Waals surface area (Å²) in [5.41, 5.74) is 0.827. The summed E-state index contributed by atoms with van der Waals surface area (Å²) >= 11 is 0. The molecule has 1 saturated carbocycles. The average molecular weight is 333 g/mol. The number of guanidine groups is 1. The van der Waals surface area contributed by atoms with E-state index < -0.39 is 0 Å². The van der Waals surface area contributed by atoms with E-state index in [0.29, 0.717) is 36.6 Å². The van der Waals surface area contributed by atoms with Gasteiger partial charge in [0.25, 0.3) is 0 Å². The molecule has 3 atom stereocenters. The molecule has 5 heteroatoms. The van der Waals surface area contributed by atoms with Crippen LogP contribution in [0.2, 0.25) is 0 Å². The van der Waals surface area contributed by atoms with E-state index in [1.807, 2.05) is 12.1 Å². The number of aliphatic imine (C=N–C) groups is 1. The van der Waals surface area contributed by atoms with Crippen molar-refractivity contribution in [2.24, 2.45) is 16.3 Å². The molecule has 132 valence electrons. The van der Waals surface area contributed by atoms with Gasteiger partial charge in [-0.15, -0.1) is 0 Å². The first-order chi connectivity index (χ1) is 11.5. The largest absolute Gasteiger partial charge is 0.377 e. The zero-order valence-electron chi connectivity index (χ0n) is 14.8. The zero-order chi connectivity index (χ0) is 17.2. The highest BCUT2D eigenvalue weighted by atomic mass is 19.1. The fourth-order valence-corrected chi connectivity index (χ4v) is 4.07. The van der Waals surface area contributed by atoms with E-state index in [-0.39, 0.29) is 11.2 Å². The lowest BCUT2D eigenvalue weighted by molar-refractivity contribution is -0.106. The monoisotopic (exact) mass is 333 g/mol. The SMILES string of the molecule is CCNC(=NCCc1ccccc1F)NC1C2CCOC2C1(C)C. The quantitative estimate of drug-likeness (QED) is 0.643. The first-order valence-corrected chi connectivity index (χ1v) is 8.94. The summed E-state index contributed by atoms with van der Waals surface area (Å²) in [5.74, 6) is 1.23. The Labute approximate surface area is 143 Å². The van der Waals surface area contributed by atoms with Crippen molar-refractivity contribution in [3.05, 3.63) is 35.6 Å². The molecule has 1 saturated heterocycles. The molecule has 2 N–H and O–H groups in total. The van der Waals surface area contributed by atoms with Gasteiger partial charge in [-0.05, 0) is 31.4 Å². The molecule has 1 aliphatic heterocycles. The Bertz CT molecular complexity index is 602. The first kappa shape index (κ1) is 17.2. The lowest BCUT2D eigenvalue weighted by atomic mass is 9.57. The third kappa shape index (κ3) is 3.27. The number of halogens is 1. The van der Waals surface area contributed by atoms with E-state index in [0.717, 1.165) is 25.5 Å².